The third-order valence-electron chi connectivity index (χ3n) is 3.06. The molecule has 1 fully saturated rings. The van der Waals surface area contributed by atoms with Crippen LogP contribution in [-0.2, 0) is 4.74 Å². The molecule has 1 aliphatic rings. The van der Waals surface area contributed by atoms with Crippen LogP contribution in [0, 0.1) is 0 Å². The molecule has 1 aliphatic heterocycles. The van der Waals surface area contributed by atoms with E-state index in [1.54, 1.807) is 4.57 Å². The Morgan fingerprint density at radius 2 is 2.39 bits per heavy atom. The smallest absolute Gasteiger partial charge is 0.278 e. The maximum Gasteiger partial charge on any atom is 0.278 e. The Labute approximate surface area is 101 Å². The van der Waals surface area contributed by atoms with Gasteiger partial charge in [-0.25, -0.2) is 9.97 Å². The predicted molar refractivity (Wildman–Crippen MR) is 59.8 cm³/mol. The van der Waals surface area contributed by atoms with E-state index in [1.807, 2.05) is 0 Å². The first-order valence-electron chi connectivity index (χ1n) is 5.55. The van der Waals surface area contributed by atoms with Gasteiger partial charge in [-0.15, -0.1) is 0 Å². The summed E-state index contributed by atoms with van der Waals surface area (Å²) in [6, 6.07) is 0. The molecular weight excluding hydrogens is 240 g/mol. The Balaban J connectivity index is 2.01. The number of nitrogens with one attached hydrogen (secondary N) is 1. The van der Waals surface area contributed by atoms with E-state index in [1.165, 1.54) is 12.7 Å². The van der Waals surface area contributed by atoms with E-state index in [0.717, 1.165) is 0 Å². The molecule has 0 radical (unpaired) electrons. The van der Waals surface area contributed by atoms with E-state index < -0.39 is 18.4 Å². The average Bonchev–Trinajstić information content (AvgIpc) is 2.93. The molecule has 2 aromatic rings. The number of ether oxygens (including phenoxy) is 1. The van der Waals surface area contributed by atoms with Crippen LogP contribution in [0.3, 0.4) is 0 Å². The number of aromatic amines is 1. The first-order valence-corrected chi connectivity index (χ1v) is 5.55. The quantitative estimate of drug-likeness (QED) is 0.616. The van der Waals surface area contributed by atoms with Crippen LogP contribution in [0.2, 0.25) is 0 Å². The van der Waals surface area contributed by atoms with Crippen molar-refractivity contribution in [2.45, 2.75) is 24.9 Å². The first kappa shape index (κ1) is 11.3. The molecule has 0 aliphatic carbocycles. The fourth-order valence-electron chi connectivity index (χ4n) is 2.12. The van der Waals surface area contributed by atoms with Gasteiger partial charge in [0.25, 0.3) is 5.56 Å². The van der Waals surface area contributed by atoms with Gasteiger partial charge in [-0.2, -0.15) is 0 Å². The zero-order valence-corrected chi connectivity index (χ0v) is 9.35. The van der Waals surface area contributed by atoms with Crippen molar-refractivity contribution in [2.75, 3.05) is 6.61 Å². The summed E-state index contributed by atoms with van der Waals surface area (Å²) in [5.41, 5.74) is 0.300. The van der Waals surface area contributed by atoms with Crippen LogP contribution in [0.5, 0.6) is 0 Å². The van der Waals surface area contributed by atoms with E-state index in [-0.39, 0.29) is 17.7 Å². The van der Waals surface area contributed by atoms with Gasteiger partial charge in [-0.05, 0) is 0 Å². The maximum absolute atomic E-state index is 11.5. The summed E-state index contributed by atoms with van der Waals surface area (Å²) in [4.78, 5) is 21.9. The third kappa shape index (κ3) is 1.62. The summed E-state index contributed by atoms with van der Waals surface area (Å²) in [6.07, 6.45) is 1.23. The molecule has 3 heterocycles. The molecule has 3 atom stereocenters. The highest BCUT2D eigenvalue weighted by Gasteiger charge is 2.35. The number of H-pyrrole nitrogens is 1. The number of aromatic nitrogens is 4. The van der Waals surface area contributed by atoms with Crippen molar-refractivity contribution in [1.29, 1.82) is 0 Å². The van der Waals surface area contributed by atoms with E-state index in [9.17, 15) is 9.90 Å². The lowest BCUT2D eigenvalue weighted by Crippen LogP contribution is -2.24. The van der Waals surface area contributed by atoms with Gasteiger partial charge < -0.3 is 19.9 Å². The Kier molecular flexibility index (Phi) is 2.62. The molecule has 0 unspecified atom stereocenters. The lowest BCUT2D eigenvalue weighted by Gasteiger charge is -2.13. The summed E-state index contributed by atoms with van der Waals surface area (Å²) in [6.45, 7) is -0.252. The molecule has 8 heteroatoms. The summed E-state index contributed by atoms with van der Waals surface area (Å²) in [5.74, 6) is 0. The second-order valence-electron chi connectivity index (χ2n) is 4.17. The van der Waals surface area contributed by atoms with Crippen LogP contribution < -0.4 is 5.56 Å². The van der Waals surface area contributed by atoms with Crippen molar-refractivity contribution in [3.63, 3.8) is 0 Å². The van der Waals surface area contributed by atoms with Crippen LogP contribution in [0.1, 0.15) is 12.6 Å². The molecule has 8 nitrogen and oxygen atoms in total. The number of hydrogen-bond acceptors (Lipinski definition) is 6. The van der Waals surface area contributed by atoms with Crippen LogP contribution >= 0.6 is 0 Å². The Bertz CT molecular complexity index is 622. The van der Waals surface area contributed by atoms with Crippen LogP contribution in [0.4, 0.5) is 0 Å². The molecule has 0 bridgehead atoms. The second-order valence-corrected chi connectivity index (χ2v) is 4.17. The van der Waals surface area contributed by atoms with Crippen molar-refractivity contribution in [3.05, 3.63) is 23.0 Å². The van der Waals surface area contributed by atoms with Crippen molar-refractivity contribution in [3.8, 4) is 0 Å². The molecule has 3 N–H and O–H groups in total. The maximum atomic E-state index is 11.5. The molecule has 0 spiro atoms. The van der Waals surface area contributed by atoms with Crippen molar-refractivity contribution in [1.82, 2.24) is 19.5 Å². The Hall–Kier alpha value is -1.77. The lowest BCUT2D eigenvalue weighted by atomic mass is 10.2. The third-order valence-corrected chi connectivity index (χ3v) is 3.06. The van der Waals surface area contributed by atoms with Gasteiger partial charge >= 0.3 is 0 Å². The van der Waals surface area contributed by atoms with Gasteiger partial charge in [-0.3, -0.25) is 9.36 Å². The van der Waals surface area contributed by atoms with E-state index in [4.69, 9.17) is 9.84 Å². The summed E-state index contributed by atoms with van der Waals surface area (Å²) < 4.78 is 7.07. The molecule has 2 aromatic heterocycles. The molecule has 0 saturated carbocycles. The van der Waals surface area contributed by atoms with E-state index in [2.05, 4.69) is 15.0 Å². The largest absolute Gasteiger partial charge is 0.394 e. The van der Waals surface area contributed by atoms with Crippen LogP contribution in [-0.4, -0.2) is 48.5 Å². The highest BCUT2D eigenvalue weighted by Crippen LogP contribution is 2.29. The summed E-state index contributed by atoms with van der Waals surface area (Å²) in [5, 5.41) is 18.7. The van der Waals surface area contributed by atoms with Crippen LogP contribution in [0.15, 0.2) is 17.4 Å². The fourth-order valence-corrected chi connectivity index (χ4v) is 2.12. The van der Waals surface area contributed by atoms with Gasteiger partial charge in [-0.1, -0.05) is 0 Å². The average molecular weight is 252 g/mol. The van der Waals surface area contributed by atoms with Gasteiger partial charge in [0.15, 0.2) is 11.2 Å². The van der Waals surface area contributed by atoms with Crippen molar-refractivity contribution < 1.29 is 14.9 Å². The SMILES string of the molecule is O=c1[nH]cnc2c1ncn2[C@H]1C[C@@H](O)[C@@H](CO)O1. The summed E-state index contributed by atoms with van der Waals surface area (Å²) in [7, 11) is 0. The number of nitrogens with zero attached hydrogens (tertiary/aromatic N) is 3. The number of rotatable bonds is 2. The van der Waals surface area contributed by atoms with Gasteiger partial charge in [0.05, 0.1) is 25.4 Å². The Morgan fingerprint density at radius 1 is 1.56 bits per heavy atom. The van der Waals surface area contributed by atoms with E-state index in [0.29, 0.717) is 12.1 Å². The monoisotopic (exact) mass is 252 g/mol. The second kappa shape index (κ2) is 4.16. The van der Waals surface area contributed by atoms with Gasteiger partial charge in [0.2, 0.25) is 0 Å². The molecule has 96 valence electrons. The van der Waals surface area contributed by atoms with Gasteiger partial charge in [0.1, 0.15) is 12.3 Å². The highest BCUT2D eigenvalue weighted by molar-refractivity contribution is 5.68. The molecule has 1 saturated heterocycles. The Morgan fingerprint density at radius 3 is 3.11 bits per heavy atom. The normalized spacial score (nSPS) is 28.0. The molecule has 18 heavy (non-hydrogen) atoms. The van der Waals surface area contributed by atoms with E-state index >= 15 is 0 Å². The number of hydrogen-bond donors (Lipinski definition) is 3. The highest BCUT2D eigenvalue weighted by atomic mass is 16.5. The number of fused-ring (bicyclic) bond motifs is 1. The first-order chi connectivity index (χ1) is 8.70. The van der Waals surface area contributed by atoms with Crippen molar-refractivity contribution in [2.24, 2.45) is 0 Å². The zero-order valence-electron chi connectivity index (χ0n) is 9.35. The standard InChI is InChI=1S/C10H12N4O4/c15-2-6-5(16)1-7(18-6)14-4-13-8-9(14)11-3-12-10(8)17/h3-7,15-16H,1-2H2,(H,11,12,17)/t5-,6-,7-/m1/s1. The number of imidazole rings is 1. The molecule has 3 rings (SSSR count). The number of aliphatic hydroxyl groups is 2. The molecular formula is C10H12N4O4. The predicted octanol–water partition coefficient (Wildman–Crippen LogP) is -1.24. The number of aliphatic hydroxyl groups excluding tert-OH is 2. The van der Waals surface area contributed by atoms with Crippen molar-refractivity contribution >= 4 is 11.2 Å². The molecule has 0 aromatic carbocycles. The summed E-state index contributed by atoms with van der Waals surface area (Å²) >= 11 is 0. The zero-order chi connectivity index (χ0) is 12.7. The minimum Gasteiger partial charge on any atom is -0.394 e. The molecule has 0 amide bonds. The fraction of sp³-hybridized carbons (Fsp3) is 0.500. The van der Waals surface area contributed by atoms with Gasteiger partial charge in [0, 0.05) is 6.42 Å². The minimum atomic E-state index is -0.737. The van der Waals surface area contributed by atoms with Crippen LogP contribution in [0.25, 0.3) is 11.2 Å². The topological polar surface area (TPSA) is 113 Å². The lowest BCUT2D eigenvalue weighted by molar-refractivity contribution is -0.0432. The minimum absolute atomic E-state index is 0.225.